The Morgan fingerprint density at radius 3 is 3.06 bits per heavy atom. The highest BCUT2D eigenvalue weighted by Gasteiger charge is 2.26. The maximum atomic E-state index is 11.4. The summed E-state index contributed by atoms with van der Waals surface area (Å²) in [5.41, 5.74) is -0.180. The highest BCUT2D eigenvalue weighted by Crippen LogP contribution is 2.37. The van der Waals surface area contributed by atoms with Crippen LogP contribution in [-0.4, -0.2) is 40.8 Å². The molecule has 0 radical (unpaired) electrons. The summed E-state index contributed by atoms with van der Waals surface area (Å²) in [5, 5.41) is 11.3. The Labute approximate surface area is 103 Å². The quantitative estimate of drug-likeness (QED) is 0.598. The summed E-state index contributed by atoms with van der Waals surface area (Å²) in [6.07, 6.45) is 2.13. The van der Waals surface area contributed by atoms with Crippen molar-refractivity contribution >= 4 is 11.8 Å². The fraction of sp³-hybridized carbons (Fsp3) is 0.545. The van der Waals surface area contributed by atoms with Gasteiger partial charge in [-0.2, -0.15) is 0 Å². The van der Waals surface area contributed by atoms with Crippen LogP contribution in [-0.2, 0) is 9.53 Å². The van der Waals surface area contributed by atoms with Crippen LogP contribution >= 0.6 is 0 Å². The van der Waals surface area contributed by atoms with Crippen LogP contribution in [0.15, 0.2) is 10.9 Å². The summed E-state index contributed by atoms with van der Waals surface area (Å²) in [6, 6.07) is 1.38. The average molecular weight is 253 g/mol. The molecule has 1 aromatic rings. The van der Waals surface area contributed by atoms with Gasteiger partial charge < -0.3 is 20.1 Å². The third kappa shape index (κ3) is 3.85. The minimum atomic E-state index is -1.000. The lowest BCUT2D eigenvalue weighted by Gasteiger charge is -2.06. The molecule has 0 spiro atoms. The fourth-order valence-corrected chi connectivity index (χ4v) is 1.53. The third-order valence-electron chi connectivity index (χ3n) is 2.50. The number of carboxylic acid groups (broad SMARTS) is 1. The summed E-state index contributed by atoms with van der Waals surface area (Å²) in [5.74, 6) is 0.596. The van der Waals surface area contributed by atoms with Gasteiger partial charge in [-0.15, -0.1) is 0 Å². The SMILES string of the molecule is O=C(O)COCCNc1cc(=O)[nH]c(C2CC2)n1. The Morgan fingerprint density at radius 2 is 2.39 bits per heavy atom. The van der Waals surface area contributed by atoms with Crippen LogP contribution in [0.3, 0.4) is 0 Å². The molecule has 0 atom stereocenters. The molecule has 0 bridgehead atoms. The molecule has 1 saturated carbocycles. The summed E-state index contributed by atoms with van der Waals surface area (Å²) >= 11 is 0. The van der Waals surface area contributed by atoms with E-state index < -0.39 is 5.97 Å². The number of nitrogens with zero attached hydrogens (tertiary/aromatic N) is 1. The molecule has 0 aromatic carbocycles. The summed E-state index contributed by atoms with van der Waals surface area (Å²) in [7, 11) is 0. The second-order valence-corrected chi connectivity index (χ2v) is 4.16. The fourth-order valence-electron chi connectivity index (χ4n) is 1.53. The molecule has 3 N–H and O–H groups in total. The molecule has 0 saturated heterocycles. The summed E-state index contributed by atoms with van der Waals surface area (Å²) in [6.45, 7) is 0.338. The zero-order chi connectivity index (χ0) is 13.0. The molecule has 1 aromatic heterocycles. The average Bonchev–Trinajstić information content (AvgIpc) is 3.11. The number of aromatic nitrogens is 2. The second kappa shape index (κ2) is 5.63. The number of carboxylic acids is 1. The van der Waals surface area contributed by atoms with Crippen LogP contribution in [0.25, 0.3) is 0 Å². The first-order valence-electron chi connectivity index (χ1n) is 5.80. The summed E-state index contributed by atoms with van der Waals surface area (Å²) in [4.78, 5) is 28.6. The number of carbonyl (C=O) groups is 1. The third-order valence-corrected chi connectivity index (χ3v) is 2.50. The van der Waals surface area contributed by atoms with Crippen molar-refractivity contribution in [3.63, 3.8) is 0 Å². The van der Waals surface area contributed by atoms with E-state index >= 15 is 0 Å². The van der Waals surface area contributed by atoms with Crippen LogP contribution in [0.5, 0.6) is 0 Å². The Balaban J connectivity index is 1.81. The monoisotopic (exact) mass is 253 g/mol. The predicted octanol–water partition coefficient (Wildman–Crippen LogP) is 0.160. The van der Waals surface area contributed by atoms with E-state index in [-0.39, 0.29) is 18.8 Å². The van der Waals surface area contributed by atoms with Crippen molar-refractivity contribution in [1.29, 1.82) is 0 Å². The molecule has 7 heteroatoms. The molecule has 7 nitrogen and oxygen atoms in total. The molecule has 1 aliphatic rings. The number of H-pyrrole nitrogens is 1. The van der Waals surface area contributed by atoms with Gasteiger partial charge in [-0.1, -0.05) is 0 Å². The van der Waals surface area contributed by atoms with E-state index in [2.05, 4.69) is 15.3 Å². The number of rotatable bonds is 7. The van der Waals surface area contributed by atoms with Crippen LogP contribution in [0.1, 0.15) is 24.6 Å². The molecule has 0 unspecified atom stereocenters. The Morgan fingerprint density at radius 1 is 1.61 bits per heavy atom. The van der Waals surface area contributed by atoms with Crippen molar-refractivity contribution in [2.75, 3.05) is 25.1 Å². The van der Waals surface area contributed by atoms with Gasteiger partial charge in [0.1, 0.15) is 18.2 Å². The Hall–Kier alpha value is -1.89. The van der Waals surface area contributed by atoms with E-state index in [4.69, 9.17) is 9.84 Å². The first kappa shape index (κ1) is 12.6. The normalized spacial score (nSPS) is 14.4. The van der Waals surface area contributed by atoms with Gasteiger partial charge in [-0.05, 0) is 12.8 Å². The molecule has 0 amide bonds. The number of nitrogens with one attached hydrogen (secondary N) is 2. The van der Waals surface area contributed by atoms with E-state index in [0.29, 0.717) is 18.3 Å². The van der Waals surface area contributed by atoms with Crippen LogP contribution in [0.2, 0.25) is 0 Å². The molecule has 0 aliphatic heterocycles. The minimum Gasteiger partial charge on any atom is -0.480 e. The predicted molar refractivity (Wildman–Crippen MR) is 63.8 cm³/mol. The van der Waals surface area contributed by atoms with Crippen molar-refractivity contribution in [2.45, 2.75) is 18.8 Å². The summed E-state index contributed by atoms with van der Waals surface area (Å²) < 4.78 is 4.86. The van der Waals surface area contributed by atoms with Crippen molar-refractivity contribution in [3.8, 4) is 0 Å². The van der Waals surface area contributed by atoms with Crippen LogP contribution in [0.4, 0.5) is 5.82 Å². The second-order valence-electron chi connectivity index (χ2n) is 4.16. The lowest BCUT2D eigenvalue weighted by Crippen LogP contribution is -2.17. The highest BCUT2D eigenvalue weighted by atomic mass is 16.5. The molecule has 98 valence electrons. The first-order valence-corrected chi connectivity index (χ1v) is 5.80. The van der Waals surface area contributed by atoms with Crippen molar-refractivity contribution in [3.05, 3.63) is 22.2 Å². The van der Waals surface area contributed by atoms with Gasteiger partial charge in [0, 0.05) is 18.5 Å². The lowest BCUT2D eigenvalue weighted by molar-refractivity contribution is -0.142. The molecule has 18 heavy (non-hydrogen) atoms. The van der Waals surface area contributed by atoms with Crippen molar-refractivity contribution < 1.29 is 14.6 Å². The zero-order valence-corrected chi connectivity index (χ0v) is 9.81. The number of anilines is 1. The van der Waals surface area contributed by atoms with Gasteiger partial charge in [-0.3, -0.25) is 4.79 Å². The Bertz CT molecular complexity index is 481. The Kier molecular flexibility index (Phi) is 3.93. The standard InChI is InChI=1S/C11H15N3O4/c15-9-5-8(12-3-4-18-6-10(16)17)13-11(14-9)7-1-2-7/h5,7H,1-4,6H2,(H,16,17)(H2,12,13,14,15). The molecular formula is C11H15N3O4. The van der Waals surface area contributed by atoms with E-state index in [1.165, 1.54) is 6.07 Å². The van der Waals surface area contributed by atoms with E-state index in [9.17, 15) is 9.59 Å². The maximum Gasteiger partial charge on any atom is 0.329 e. The smallest absolute Gasteiger partial charge is 0.329 e. The minimum absolute atomic E-state index is 0.180. The zero-order valence-electron chi connectivity index (χ0n) is 9.81. The lowest BCUT2D eigenvalue weighted by atomic mass is 10.4. The molecular weight excluding hydrogens is 238 g/mol. The highest BCUT2D eigenvalue weighted by molar-refractivity contribution is 5.67. The van der Waals surface area contributed by atoms with E-state index in [1.54, 1.807) is 0 Å². The van der Waals surface area contributed by atoms with E-state index in [1.807, 2.05) is 0 Å². The maximum absolute atomic E-state index is 11.4. The number of aliphatic carboxylic acids is 1. The number of hydrogen-bond acceptors (Lipinski definition) is 5. The largest absolute Gasteiger partial charge is 0.480 e. The van der Waals surface area contributed by atoms with Gasteiger partial charge in [0.25, 0.3) is 5.56 Å². The number of hydrogen-bond donors (Lipinski definition) is 3. The molecule has 2 rings (SSSR count). The molecule has 1 fully saturated rings. The number of ether oxygens (including phenoxy) is 1. The topological polar surface area (TPSA) is 104 Å². The molecule has 1 aliphatic carbocycles. The first-order chi connectivity index (χ1) is 8.65. The van der Waals surface area contributed by atoms with E-state index in [0.717, 1.165) is 18.7 Å². The van der Waals surface area contributed by atoms with Gasteiger partial charge in [0.2, 0.25) is 0 Å². The van der Waals surface area contributed by atoms with Gasteiger partial charge in [0.15, 0.2) is 0 Å². The number of aromatic amines is 1. The van der Waals surface area contributed by atoms with Gasteiger partial charge >= 0.3 is 5.97 Å². The van der Waals surface area contributed by atoms with Crippen LogP contribution < -0.4 is 10.9 Å². The molecule has 1 heterocycles. The van der Waals surface area contributed by atoms with Crippen molar-refractivity contribution in [1.82, 2.24) is 9.97 Å². The van der Waals surface area contributed by atoms with Crippen molar-refractivity contribution in [2.24, 2.45) is 0 Å². The van der Waals surface area contributed by atoms with Gasteiger partial charge in [0.05, 0.1) is 6.61 Å². The van der Waals surface area contributed by atoms with Crippen LogP contribution in [0, 0.1) is 0 Å². The van der Waals surface area contributed by atoms with Gasteiger partial charge in [-0.25, -0.2) is 9.78 Å².